The largest absolute Gasteiger partial charge is 0.491 e. The predicted molar refractivity (Wildman–Crippen MR) is 114 cm³/mol. The molecule has 9 heteroatoms. The van der Waals surface area contributed by atoms with Crippen molar-refractivity contribution in [3.63, 3.8) is 0 Å². The van der Waals surface area contributed by atoms with Gasteiger partial charge in [-0.1, -0.05) is 33.6 Å². The SMILES string of the molecule is CN(C(=O)c1cc2c(cc1Cl)nc(N)c1cncn12)[C@@H]1COc2cc(Br)ccc21. The van der Waals surface area contributed by atoms with Gasteiger partial charge in [-0.15, -0.1) is 0 Å². The molecule has 1 amide bonds. The van der Waals surface area contributed by atoms with Crippen molar-refractivity contribution in [1.82, 2.24) is 19.3 Å². The van der Waals surface area contributed by atoms with E-state index in [0.717, 1.165) is 15.8 Å². The fourth-order valence-corrected chi connectivity index (χ4v) is 4.26. The quantitative estimate of drug-likeness (QED) is 0.475. The van der Waals surface area contributed by atoms with Crippen LogP contribution in [0.2, 0.25) is 5.02 Å². The van der Waals surface area contributed by atoms with Crippen LogP contribution in [0.3, 0.4) is 0 Å². The minimum atomic E-state index is -0.202. The molecule has 0 unspecified atom stereocenters. The van der Waals surface area contributed by atoms with Gasteiger partial charge in [-0.3, -0.25) is 9.20 Å². The second kappa shape index (κ2) is 6.60. The van der Waals surface area contributed by atoms with Gasteiger partial charge in [-0.2, -0.15) is 0 Å². The molecule has 4 aromatic rings. The number of imidazole rings is 1. The number of nitrogen functional groups attached to an aromatic ring is 1. The van der Waals surface area contributed by atoms with E-state index in [0.29, 0.717) is 39.6 Å². The Bertz CT molecular complexity index is 1310. The molecule has 0 spiro atoms. The molecule has 0 aliphatic carbocycles. The maximum atomic E-state index is 13.3. The molecule has 2 aromatic heterocycles. The number of carbonyl (C=O) groups is 1. The van der Waals surface area contributed by atoms with Gasteiger partial charge in [0.15, 0.2) is 0 Å². The second-order valence-electron chi connectivity index (χ2n) is 6.89. The number of amides is 1. The first-order valence-corrected chi connectivity index (χ1v) is 10.0. The first-order chi connectivity index (χ1) is 13.9. The Kier molecular flexibility index (Phi) is 4.15. The summed E-state index contributed by atoms with van der Waals surface area (Å²) in [7, 11) is 1.75. The van der Waals surface area contributed by atoms with E-state index in [2.05, 4.69) is 25.9 Å². The molecule has 146 valence electrons. The summed E-state index contributed by atoms with van der Waals surface area (Å²) in [5, 5.41) is 0.315. The third-order valence-corrected chi connectivity index (χ3v) is 6.02. The third kappa shape index (κ3) is 2.82. The maximum absolute atomic E-state index is 13.3. The Labute approximate surface area is 179 Å². The number of nitrogens with zero attached hydrogens (tertiary/aromatic N) is 4. The number of ether oxygens (including phenoxy) is 1. The van der Waals surface area contributed by atoms with E-state index in [-0.39, 0.29) is 11.9 Å². The van der Waals surface area contributed by atoms with Crippen LogP contribution in [0.4, 0.5) is 5.82 Å². The summed E-state index contributed by atoms with van der Waals surface area (Å²) in [5.74, 6) is 0.924. The molecule has 0 saturated heterocycles. The van der Waals surface area contributed by atoms with Gasteiger partial charge < -0.3 is 15.4 Å². The Morgan fingerprint density at radius 3 is 3.00 bits per heavy atom. The van der Waals surface area contributed by atoms with Crippen LogP contribution in [0.25, 0.3) is 16.6 Å². The van der Waals surface area contributed by atoms with E-state index >= 15 is 0 Å². The fraction of sp³-hybridized carbons (Fsp3) is 0.150. The Balaban J connectivity index is 1.58. The van der Waals surface area contributed by atoms with Crippen LogP contribution >= 0.6 is 27.5 Å². The number of likely N-dealkylation sites (N-methyl/N-ethyl adjacent to an activating group) is 1. The van der Waals surface area contributed by atoms with Crippen molar-refractivity contribution in [2.24, 2.45) is 0 Å². The van der Waals surface area contributed by atoms with E-state index in [1.54, 1.807) is 41.0 Å². The summed E-state index contributed by atoms with van der Waals surface area (Å²) >= 11 is 9.90. The van der Waals surface area contributed by atoms with E-state index in [1.807, 2.05) is 18.2 Å². The molecule has 0 fully saturated rings. The first-order valence-electron chi connectivity index (χ1n) is 8.84. The second-order valence-corrected chi connectivity index (χ2v) is 8.21. The van der Waals surface area contributed by atoms with Gasteiger partial charge in [-0.25, -0.2) is 9.97 Å². The third-order valence-electron chi connectivity index (χ3n) is 5.22. The van der Waals surface area contributed by atoms with Gasteiger partial charge in [0.1, 0.15) is 23.7 Å². The van der Waals surface area contributed by atoms with E-state index in [9.17, 15) is 4.79 Å². The standard InChI is InChI=1S/C20H15BrClN5O2/c1-26(17-8-29-18-4-10(21)2-3-11(17)18)20(28)12-5-15-14(6-13(12)22)25-19(23)16-7-24-9-27(15)16/h2-7,9,17H,8H2,1H3,(H2,23,25)/t17-/m1/s1. The molecule has 5 rings (SSSR count). The van der Waals surface area contributed by atoms with E-state index in [4.69, 9.17) is 22.1 Å². The average Bonchev–Trinajstić information content (AvgIpc) is 3.34. The maximum Gasteiger partial charge on any atom is 0.255 e. The summed E-state index contributed by atoms with van der Waals surface area (Å²) < 4.78 is 8.50. The van der Waals surface area contributed by atoms with Crippen LogP contribution in [-0.4, -0.2) is 38.8 Å². The minimum Gasteiger partial charge on any atom is -0.491 e. The lowest BCUT2D eigenvalue weighted by molar-refractivity contribution is 0.0709. The summed E-state index contributed by atoms with van der Waals surface area (Å²) in [4.78, 5) is 23.5. The zero-order valence-electron chi connectivity index (χ0n) is 15.3. The molecular formula is C20H15BrClN5O2. The van der Waals surface area contributed by atoms with Crippen molar-refractivity contribution in [1.29, 1.82) is 0 Å². The highest BCUT2D eigenvalue weighted by Gasteiger charge is 2.31. The summed E-state index contributed by atoms with van der Waals surface area (Å²) in [6.45, 7) is 0.392. The van der Waals surface area contributed by atoms with Crippen LogP contribution in [-0.2, 0) is 0 Å². The molecule has 3 heterocycles. The molecule has 0 saturated carbocycles. The van der Waals surface area contributed by atoms with Crippen LogP contribution in [0, 0.1) is 0 Å². The monoisotopic (exact) mass is 471 g/mol. The van der Waals surface area contributed by atoms with Crippen LogP contribution in [0.15, 0.2) is 47.3 Å². The number of carbonyl (C=O) groups excluding carboxylic acids is 1. The van der Waals surface area contributed by atoms with Gasteiger partial charge in [0, 0.05) is 17.1 Å². The predicted octanol–water partition coefficient (Wildman–Crippen LogP) is 4.09. The smallest absolute Gasteiger partial charge is 0.255 e. The van der Waals surface area contributed by atoms with Crippen molar-refractivity contribution < 1.29 is 9.53 Å². The highest BCUT2D eigenvalue weighted by atomic mass is 79.9. The number of fused-ring (bicyclic) bond motifs is 4. The van der Waals surface area contributed by atoms with Gasteiger partial charge in [0.05, 0.1) is 40.2 Å². The molecule has 29 heavy (non-hydrogen) atoms. The van der Waals surface area contributed by atoms with Crippen LogP contribution < -0.4 is 10.5 Å². The molecule has 0 radical (unpaired) electrons. The molecule has 1 atom stereocenters. The van der Waals surface area contributed by atoms with Crippen LogP contribution in [0.1, 0.15) is 22.0 Å². The number of halogens is 2. The molecular weight excluding hydrogens is 458 g/mol. The number of hydrogen-bond donors (Lipinski definition) is 1. The Morgan fingerprint density at radius 1 is 1.34 bits per heavy atom. The van der Waals surface area contributed by atoms with Gasteiger partial charge in [-0.05, 0) is 24.3 Å². The van der Waals surface area contributed by atoms with Gasteiger partial charge >= 0.3 is 0 Å². The van der Waals surface area contributed by atoms with Crippen molar-refractivity contribution in [3.05, 3.63) is 63.5 Å². The highest BCUT2D eigenvalue weighted by molar-refractivity contribution is 9.10. The van der Waals surface area contributed by atoms with Gasteiger partial charge in [0.25, 0.3) is 5.91 Å². The summed E-state index contributed by atoms with van der Waals surface area (Å²) in [6.07, 6.45) is 3.27. The lowest BCUT2D eigenvalue weighted by Gasteiger charge is -2.24. The zero-order chi connectivity index (χ0) is 20.3. The lowest BCUT2D eigenvalue weighted by atomic mass is 10.1. The molecule has 2 aromatic carbocycles. The topological polar surface area (TPSA) is 85.8 Å². The molecule has 7 nitrogen and oxygen atoms in total. The number of nitrogens with two attached hydrogens (primary N) is 1. The van der Waals surface area contributed by atoms with Crippen molar-refractivity contribution in [2.75, 3.05) is 19.4 Å². The summed E-state index contributed by atoms with van der Waals surface area (Å²) in [6, 6.07) is 9.00. The Morgan fingerprint density at radius 2 is 2.17 bits per heavy atom. The first kappa shape index (κ1) is 18.2. The fourth-order valence-electron chi connectivity index (χ4n) is 3.68. The molecule has 1 aliphatic heterocycles. The van der Waals surface area contributed by atoms with Gasteiger partial charge in [0.2, 0.25) is 0 Å². The van der Waals surface area contributed by atoms with Crippen LogP contribution in [0.5, 0.6) is 5.75 Å². The molecule has 0 bridgehead atoms. The van der Waals surface area contributed by atoms with Crippen molar-refractivity contribution >= 4 is 55.8 Å². The van der Waals surface area contributed by atoms with E-state index in [1.165, 1.54) is 0 Å². The van der Waals surface area contributed by atoms with Crippen molar-refractivity contribution in [2.45, 2.75) is 6.04 Å². The zero-order valence-corrected chi connectivity index (χ0v) is 17.6. The Hall–Kier alpha value is -2.84. The highest BCUT2D eigenvalue weighted by Crippen LogP contribution is 2.38. The number of benzene rings is 2. The normalized spacial score (nSPS) is 15.5. The summed E-state index contributed by atoms with van der Waals surface area (Å²) in [5.41, 5.74) is 9.32. The number of rotatable bonds is 2. The average molecular weight is 473 g/mol. The van der Waals surface area contributed by atoms with Crippen molar-refractivity contribution in [3.8, 4) is 5.75 Å². The number of anilines is 1. The molecule has 2 N–H and O–H groups in total. The lowest BCUT2D eigenvalue weighted by Crippen LogP contribution is -2.32. The number of hydrogen-bond acceptors (Lipinski definition) is 5. The minimum absolute atomic E-state index is 0.199. The number of aromatic nitrogens is 3. The van der Waals surface area contributed by atoms with E-state index < -0.39 is 0 Å². The molecule has 1 aliphatic rings.